The van der Waals surface area contributed by atoms with Crippen LogP contribution in [0, 0.1) is 0 Å². The molecule has 0 radical (unpaired) electrons. The van der Waals surface area contributed by atoms with Gasteiger partial charge in [-0.1, -0.05) is 17.7 Å². The van der Waals surface area contributed by atoms with E-state index in [0.29, 0.717) is 4.47 Å². The number of nitrogens with one attached hydrogen (secondary N) is 1. The number of aromatic nitrogens is 1. The van der Waals surface area contributed by atoms with Crippen molar-refractivity contribution in [2.45, 2.75) is 4.90 Å². The Balaban J connectivity index is 2.49. The summed E-state index contributed by atoms with van der Waals surface area (Å²) in [6, 6.07) is 5.41. The van der Waals surface area contributed by atoms with Crippen molar-refractivity contribution in [3.63, 3.8) is 0 Å². The molecular weight excluding hydrogens is 384 g/mol. The maximum Gasteiger partial charge on any atom is 0.337 e. The van der Waals surface area contributed by atoms with Gasteiger partial charge in [0.15, 0.2) is 0 Å². The van der Waals surface area contributed by atoms with Gasteiger partial charge in [-0.3, -0.25) is 9.71 Å². The predicted octanol–water partition coefficient (Wildman–Crippen LogP) is 3.00. The second kappa shape index (κ2) is 6.00. The van der Waals surface area contributed by atoms with E-state index in [-0.39, 0.29) is 21.2 Å². The van der Waals surface area contributed by atoms with Crippen LogP contribution >= 0.6 is 27.5 Å². The molecule has 21 heavy (non-hydrogen) atoms. The van der Waals surface area contributed by atoms with Crippen LogP contribution in [-0.4, -0.2) is 24.5 Å². The highest BCUT2D eigenvalue weighted by molar-refractivity contribution is 9.10. The van der Waals surface area contributed by atoms with Crippen LogP contribution in [0.5, 0.6) is 0 Å². The van der Waals surface area contributed by atoms with E-state index in [0.717, 1.165) is 6.20 Å². The molecule has 110 valence electrons. The molecule has 0 spiro atoms. The van der Waals surface area contributed by atoms with Crippen LogP contribution in [0.15, 0.2) is 46.0 Å². The molecule has 0 bridgehead atoms. The molecule has 2 N–H and O–H groups in total. The number of rotatable bonds is 4. The number of sulfonamides is 1. The molecule has 1 aromatic heterocycles. The zero-order chi connectivity index (χ0) is 15.6. The van der Waals surface area contributed by atoms with Crippen LogP contribution < -0.4 is 4.72 Å². The fourth-order valence-corrected chi connectivity index (χ4v) is 3.42. The smallest absolute Gasteiger partial charge is 0.337 e. The number of halogens is 2. The fraction of sp³-hybridized carbons (Fsp3) is 0. The number of benzene rings is 1. The average molecular weight is 392 g/mol. The molecule has 6 nitrogen and oxygen atoms in total. The molecule has 0 saturated carbocycles. The first kappa shape index (κ1) is 15.7. The monoisotopic (exact) mass is 390 g/mol. The van der Waals surface area contributed by atoms with Crippen molar-refractivity contribution < 1.29 is 18.3 Å². The van der Waals surface area contributed by atoms with Crippen LogP contribution in [0.2, 0.25) is 5.02 Å². The summed E-state index contributed by atoms with van der Waals surface area (Å²) in [4.78, 5) is 14.8. The molecule has 0 unspecified atom stereocenters. The molecule has 1 heterocycles. The second-order valence-corrected chi connectivity index (χ2v) is 6.92. The van der Waals surface area contributed by atoms with Gasteiger partial charge in [0.05, 0.1) is 16.3 Å². The van der Waals surface area contributed by atoms with Crippen molar-refractivity contribution in [2.75, 3.05) is 4.72 Å². The highest BCUT2D eigenvalue weighted by Crippen LogP contribution is 2.28. The number of anilines is 1. The van der Waals surface area contributed by atoms with Gasteiger partial charge >= 0.3 is 5.97 Å². The Bertz CT molecular complexity index is 811. The maximum atomic E-state index is 12.3. The van der Waals surface area contributed by atoms with Crippen molar-refractivity contribution in [2.24, 2.45) is 0 Å². The van der Waals surface area contributed by atoms with E-state index in [1.165, 1.54) is 30.5 Å². The van der Waals surface area contributed by atoms with Gasteiger partial charge in [-0.05, 0) is 34.1 Å². The van der Waals surface area contributed by atoms with Gasteiger partial charge in [0.1, 0.15) is 4.90 Å². The number of carboxylic acid groups (broad SMARTS) is 1. The molecule has 9 heteroatoms. The van der Waals surface area contributed by atoms with Gasteiger partial charge in [-0.15, -0.1) is 0 Å². The van der Waals surface area contributed by atoms with Gasteiger partial charge in [0, 0.05) is 16.9 Å². The van der Waals surface area contributed by atoms with Gasteiger partial charge in [0.25, 0.3) is 10.0 Å². The molecule has 2 rings (SSSR count). The molecule has 0 saturated heterocycles. The molecule has 2 aromatic rings. The number of aromatic carboxylic acids is 1. The SMILES string of the molecule is O=C(O)c1cccc(Cl)c1NS(=O)(=O)c1cncc(Br)c1. The number of nitrogens with zero attached hydrogens (tertiary/aromatic N) is 1. The molecule has 0 amide bonds. The van der Waals surface area contributed by atoms with Crippen molar-refractivity contribution in [3.8, 4) is 0 Å². The molecule has 0 atom stereocenters. The zero-order valence-corrected chi connectivity index (χ0v) is 13.4. The minimum absolute atomic E-state index is 0.0126. The third kappa shape index (κ3) is 3.52. The van der Waals surface area contributed by atoms with Crippen molar-refractivity contribution in [1.29, 1.82) is 0 Å². The molecule has 0 aliphatic carbocycles. The second-order valence-electron chi connectivity index (χ2n) is 3.91. The third-order valence-electron chi connectivity index (χ3n) is 2.47. The van der Waals surface area contributed by atoms with Crippen LogP contribution in [0.1, 0.15) is 10.4 Å². The lowest BCUT2D eigenvalue weighted by Gasteiger charge is -2.12. The van der Waals surface area contributed by atoms with Crippen LogP contribution in [-0.2, 0) is 10.0 Å². The molecule has 0 fully saturated rings. The largest absolute Gasteiger partial charge is 0.478 e. The van der Waals surface area contributed by atoms with E-state index in [2.05, 4.69) is 25.6 Å². The lowest BCUT2D eigenvalue weighted by molar-refractivity contribution is 0.0698. The minimum atomic E-state index is -4.00. The van der Waals surface area contributed by atoms with E-state index < -0.39 is 16.0 Å². The van der Waals surface area contributed by atoms with Gasteiger partial charge in [-0.2, -0.15) is 0 Å². The summed E-state index contributed by atoms with van der Waals surface area (Å²) >= 11 is 9.00. The normalized spacial score (nSPS) is 11.1. The number of para-hydroxylation sites is 1. The number of carbonyl (C=O) groups is 1. The summed E-state index contributed by atoms with van der Waals surface area (Å²) in [7, 11) is -4.00. The highest BCUT2D eigenvalue weighted by Gasteiger charge is 2.21. The summed E-state index contributed by atoms with van der Waals surface area (Å²) < 4.78 is 27.2. The van der Waals surface area contributed by atoms with Crippen molar-refractivity contribution in [3.05, 3.63) is 51.7 Å². The average Bonchev–Trinajstić information content (AvgIpc) is 2.40. The number of carboxylic acids is 1. The Morgan fingerprint density at radius 3 is 2.67 bits per heavy atom. The van der Waals surface area contributed by atoms with Gasteiger partial charge < -0.3 is 5.11 Å². The Hall–Kier alpha value is -1.64. The predicted molar refractivity (Wildman–Crippen MR) is 81.2 cm³/mol. The lowest BCUT2D eigenvalue weighted by Crippen LogP contribution is -2.16. The van der Waals surface area contributed by atoms with Gasteiger partial charge in [0.2, 0.25) is 0 Å². The van der Waals surface area contributed by atoms with E-state index in [1.807, 2.05) is 0 Å². The van der Waals surface area contributed by atoms with Crippen molar-refractivity contribution >= 4 is 49.2 Å². The van der Waals surface area contributed by atoms with E-state index >= 15 is 0 Å². The summed E-state index contributed by atoms with van der Waals surface area (Å²) in [6.07, 6.45) is 2.57. The molecule has 1 aromatic carbocycles. The topological polar surface area (TPSA) is 96.4 Å². The van der Waals surface area contributed by atoms with Gasteiger partial charge in [-0.25, -0.2) is 13.2 Å². The van der Waals surface area contributed by atoms with Crippen molar-refractivity contribution in [1.82, 2.24) is 4.98 Å². The Labute approximate surface area is 134 Å². The minimum Gasteiger partial charge on any atom is -0.478 e. The zero-order valence-electron chi connectivity index (χ0n) is 10.2. The van der Waals surface area contributed by atoms with E-state index in [4.69, 9.17) is 16.7 Å². The lowest BCUT2D eigenvalue weighted by atomic mass is 10.2. The number of pyridine rings is 1. The van der Waals surface area contributed by atoms with Crippen LogP contribution in [0.4, 0.5) is 5.69 Å². The number of hydrogen-bond acceptors (Lipinski definition) is 4. The quantitative estimate of drug-likeness (QED) is 0.835. The first-order valence-corrected chi connectivity index (χ1v) is 8.12. The Morgan fingerprint density at radius 1 is 1.33 bits per heavy atom. The fourth-order valence-electron chi connectivity index (χ4n) is 1.54. The summed E-state index contributed by atoms with van der Waals surface area (Å²) in [5, 5.41) is 9.08. The molecular formula is C12H8BrClN2O4S. The summed E-state index contributed by atoms with van der Waals surface area (Å²) in [6.45, 7) is 0. The molecule has 0 aliphatic heterocycles. The third-order valence-corrected chi connectivity index (χ3v) is 4.54. The number of hydrogen-bond donors (Lipinski definition) is 2. The Morgan fingerprint density at radius 2 is 2.05 bits per heavy atom. The standard InChI is InChI=1S/C12H8BrClN2O4S/c13-7-4-8(6-15-5-7)21(19,20)16-11-9(12(17)18)2-1-3-10(11)14/h1-6,16H,(H,17,18). The first-order chi connectivity index (χ1) is 9.81. The Kier molecular flexibility index (Phi) is 4.50. The first-order valence-electron chi connectivity index (χ1n) is 5.46. The van der Waals surface area contributed by atoms with Crippen LogP contribution in [0.25, 0.3) is 0 Å². The maximum absolute atomic E-state index is 12.3. The highest BCUT2D eigenvalue weighted by atomic mass is 79.9. The summed E-state index contributed by atoms with van der Waals surface area (Å²) in [5.74, 6) is -1.29. The van der Waals surface area contributed by atoms with E-state index in [9.17, 15) is 13.2 Å². The summed E-state index contributed by atoms with van der Waals surface area (Å²) in [5.41, 5.74) is -0.430. The van der Waals surface area contributed by atoms with Crippen LogP contribution in [0.3, 0.4) is 0 Å². The van der Waals surface area contributed by atoms with E-state index in [1.54, 1.807) is 0 Å². The molecule has 0 aliphatic rings.